The maximum atomic E-state index is 12.3. The fraction of sp³-hybridized carbons (Fsp3) is 0.556. The second-order valence-electron chi connectivity index (χ2n) is 10.4. The van der Waals surface area contributed by atoms with Crippen molar-refractivity contribution in [2.45, 2.75) is 44.9 Å². The highest BCUT2D eigenvalue weighted by Gasteiger charge is 2.29. The molecule has 4 rings (SSSR count). The number of thiophene rings is 1. The van der Waals surface area contributed by atoms with Crippen LogP contribution in [0, 0.1) is 0 Å². The third-order valence-corrected chi connectivity index (χ3v) is 10.2. The molecule has 1 unspecified atom stereocenters. The molecule has 2 aromatic heterocycles. The second kappa shape index (κ2) is 11.9. The highest BCUT2D eigenvalue weighted by molar-refractivity contribution is 7.89. The Hall–Kier alpha value is -1.79. The van der Waals surface area contributed by atoms with E-state index in [2.05, 4.69) is 53.4 Å². The molecule has 1 aliphatic heterocycles. The number of fused-ring (bicyclic) bond motifs is 1. The molecular formula is C27H41N5O3S2. The van der Waals surface area contributed by atoms with Gasteiger partial charge in [-0.15, -0.1) is 11.3 Å². The molecule has 0 aliphatic carbocycles. The van der Waals surface area contributed by atoms with Crippen LogP contribution in [-0.4, -0.2) is 85.7 Å². The van der Waals surface area contributed by atoms with Crippen LogP contribution >= 0.6 is 11.3 Å². The van der Waals surface area contributed by atoms with Gasteiger partial charge in [-0.05, 0) is 107 Å². The SMILES string of the molecule is CCS(=O)(=O)N1CCC(c2c[nH]c3c(C(N)O)cc(-c4csc(CN(C)CCCN(C)C)c4)cc23)CC1. The molecule has 1 aromatic carbocycles. The van der Waals surface area contributed by atoms with E-state index < -0.39 is 16.3 Å². The molecule has 8 nitrogen and oxygen atoms in total. The van der Waals surface area contributed by atoms with Gasteiger partial charge in [0.25, 0.3) is 0 Å². The zero-order chi connectivity index (χ0) is 26.7. The Labute approximate surface area is 225 Å². The summed E-state index contributed by atoms with van der Waals surface area (Å²) < 4.78 is 26.2. The number of hydrogen-bond donors (Lipinski definition) is 3. The van der Waals surface area contributed by atoms with Crippen LogP contribution in [0.3, 0.4) is 0 Å². The molecule has 0 bridgehead atoms. The van der Waals surface area contributed by atoms with E-state index in [9.17, 15) is 13.5 Å². The maximum Gasteiger partial charge on any atom is 0.213 e. The van der Waals surface area contributed by atoms with Crippen LogP contribution in [0.15, 0.2) is 29.8 Å². The van der Waals surface area contributed by atoms with E-state index in [0.29, 0.717) is 18.7 Å². The largest absolute Gasteiger partial charge is 0.374 e. The molecule has 3 aromatic rings. The van der Waals surface area contributed by atoms with Gasteiger partial charge in [0, 0.05) is 41.7 Å². The molecule has 37 heavy (non-hydrogen) atoms. The summed E-state index contributed by atoms with van der Waals surface area (Å²) in [6.45, 7) is 5.80. The summed E-state index contributed by atoms with van der Waals surface area (Å²) in [6.07, 6.45) is 3.61. The standard InChI is InChI=1S/C27H41N5O3S2/c1-5-37(34,35)32-11-7-19(8-12-32)25-16-29-26-23(25)14-20(15-24(26)27(28)33)21-13-22(36-18-21)17-31(4)10-6-9-30(2)3/h13-16,18-19,27,29,33H,5-12,17,28H2,1-4H3. The molecule has 4 N–H and O–H groups in total. The second-order valence-corrected chi connectivity index (χ2v) is 13.7. The van der Waals surface area contributed by atoms with Crippen molar-refractivity contribution >= 4 is 32.3 Å². The number of H-pyrrole nitrogens is 1. The molecule has 0 radical (unpaired) electrons. The van der Waals surface area contributed by atoms with E-state index in [1.165, 1.54) is 10.4 Å². The first kappa shape index (κ1) is 28.2. The fourth-order valence-electron chi connectivity index (χ4n) is 5.26. The number of aromatic amines is 1. The highest BCUT2D eigenvalue weighted by Crippen LogP contribution is 2.39. The number of rotatable bonds is 11. The molecule has 204 valence electrons. The normalized spacial score (nSPS) is 16.9. The molecule has 0 saturated carbocycles. The van der Waals surface area contributed by atoms with Crippen LogP contribution in [0.4, 0.5) is 0 Å². The average Bonchev–Trinajstić information content (AvgIpc) is 3.50. The summed E-state index contributed by atoms with van der Waals surface area (Å²) >= 11 is 1.76. The van der Waals surface area contributed by atoms with Crippen molar-refractivity contribution in [2.24, 2.45) is 5.73 Å². The first-order valence-corrected chi connectivity index (χ1v) is 15.6. The van der Waals surface area contributed by atoms with Crippen molar-refractivity contribution in [2.75, 3.05) is 53.1 Å². The molecule has 1 aliphatic rings. The van der Waals surface area contributed by atoms with Crippen molar-refractivity contribution in [1.29, 1.82) is 0 Å². The Balaban J connectivity index is 1.57. The average molecular weight is 548 g/mol. The number of benzene rings is 1. The van der Waals surface area contributed by atoms with Gasteiger partial charge in [0.05, 0.1) is 11.3 Å². The smallest absolute Gasteiger partial charge is 0.213 e. The number of aliphatic hydroxyl groups excluding tert-OH is 1. The van der Waals surface area contributed by atoms with Gasteiger partial charge in [0.2, 0.25) is 10.0 Å². The van der Waals surface area contributed by atoms with Gasteiger partial charge in [-0.2, -0.15) is 0 Å². The van der Waals surface area contributed by atoms with E-state index in [4.69, 9.17) is 5.73 Å². The van der Waals surface area contributed by atoms with Crippen LogP contribution in [-0.2, 0) is 16.6 Å². The molecular weight excluding hydrogens is 506 g/mol. The molecule has 1 atom stereocenters. The first-order valence-electron chi connectivity index (χ1n) is 13.1. The maximum absolute atomic E-state index is 12.3. The number of nitrogens with two attached hydrogens (primary N) is 1. The predicted octanol–water partition coefficient (Wildman–Crippen LogP) is 3.76. The zero-order valence-electron chi connectivity index (χ0n) is 22.4. The van der Waals surface area contributed by atoms with Crippen molar-refractivity contribution in [3.63, 3.8) is 0 Å². The summed E-state index contributed by atoms with van der Waals surface area (Å²) in [5, 5.41) is 13.6. The third-order valence-electron chi connectivity index (χ3n) is 7.38. The number of hydrogen-bond acceptors (Lipinski definition) is 7. The van der Waals surface area contributed by atoms with Gasteiger partial charge in [0.1, 0.15) is 6.23 Å². The molecule has 0 spiro atoms. The van der Waals surface area contributed by atoms with Crippen molar-refractivity contribution in [3.8, 4) is 11.1 Å². The van der Waals surface area contributed by atoms with Gasteiger partial charge in [-0.25, -0.2) is 12.7 Å². The minimum atomic E-state index is -3.16. The van der Waals surface area contributed by atoms with Gasteiger partial charge >= 0.3 is 0 Å². The topological polar surface area (TPSA) is 106 Å². The summed E-state index contributed by atoms with van der Waals surface area (Å²) in [5.74, 6) is 0.393. The lowest BCUT2D eigenvalue weighted by Gasteiger charge is -2.31. The van der Waals surface area contributed by atoms with E-state index in [1.54, 1.807) is 22.6 Å². The van der Waals surface area contributed by atoms with Gasteiger partial charge in [-0.1, -0.05) is 0 Å². The quantitative estimate of drug-likeness (QED) is 0.316. The van der Waals surface area contributed by atoms with Crippen molar-refractivity contribution in [1.82, 2.24) is 19.1 Å². The highest BCUT2D eigenvalue weighted by atomic mass is 32.2. The number of sulfonamides is 1. The molecule has 1 fully saturated rings. The van der Waals surface area contributed by atoms with E-state index in [0.717, 1.165) is 60.9 Å². The summed E-state index contributed by atoms with van der Waals surface area (Å²) in [5.41, 5.74) is 10.9. The van der Waals surface area contributed by atoms with E-state index >= 15 is 0 Å². The summed E-state index contributed by atoms with van der Waals surface area (Å²) in [7, 11) is 3.20. The minimum Gasteiger partial charge on any atom is -0.374 e. The van der Waals surface area contributed by atoms with E-state index in [-0.39, 0.29) is 11.7 Å². The van der Waals surface area contributed by atoms with Gasteiger partial charge in [0.15, 0.2) is 0 Å². The first-order chi connectivity index (χ1) is 17.6. The van der Waals surface area contributed by atoms with Crippen LogP contribution in [0.25, 0.3) is 22.0 Å². The fourth-order valence-corrected chi connectivity index (χ4v) is 7.37. The molecule has 1 saturated heterocycles. The minimum absolute atomic E-state index is 0.139. The Morgan fingerprint density at radius 2 is 1.89 bits per heavy atom. The lowest BCUT2D eigenvalue weighted by molar-refractivity contribution is 0.187. The number of nitrogens with zero attached hydrogens (tertiary/aromatic N) is 3. The Bertz CT molecular complexity index is 1290. The number of aromatic nitrogens is 1. The van der Waals surface area contributed by atoms with Crippen LogP contribution in [0.5, 0.6) is 0 Å². The third kappa shape index (κ3) is 6.62. The van der Waals surface area contributed by atoms with E-state index in [1.807, 2.05) is 12.3 Å². The van der Waals surface area contributed by atoms with Gasteiger partial charge < -0.3 is 25.6 Å². The van der Waals surface area contributed by atoms with Crippen molar-refractivity contribution in [3.05, 3.63) is 45.8 Å². The van der Waals surface area contributed by atoms with Crippen LogP contribution in [0.2, 0.25) is 0 Å². The number of piperidine rings is 1. The lowest BCUT2D eigenvalue weighted by atomic mass is 9.88. The van der Waals surface area contributed by atoms with Crippen molar-refractivity contribution < 1.29 is 13.5 Å². The summed E-state index contributed by atoms with van der Waals surface area (Å²) in [6, 6.07) is 6.41. The molecule has 10 heteroatoms. The zero-order valence-corrected chi connectivity index (χ0v) is 24.0. The van der Waals surface area contributed by atoms with Crippen LogP contribution in [0.1, 0.15) is 54.3 Å². The monoisotopic (exact) mass is 547 g/mol. The Morgan fingerprint density at radius 3 is 2.54 bits per heavy atom. The molecule has 0 amide bonds. The molecule has 3 heterocycles. The number of aliphatic hydroxyl groups is 1. The number of nitrogens with one attached hydrogen (secondary N) is 1. The lowest BCUT2D eigenvalue weighted by Crippen LogP contribution is -2.38. The summed E-state index contributed by atoms with van der Waals surface area (Å²) in [4.78, 5) is 9.21. The predicted molar refractivity (Wildman–Crippen MR) is 153 cm³/mol. The Kier molecular flexibility index (Phi) is 9.11. The Morgan fingerprint density at radius 1 is 1.16 bits per heavy atom. The van der Waals surface area contributed by atoms with Crippen LogP contribution < -0.4 is 5.73 Å². The van der Waals surface area contributed by atoms with Gasteiger partial charge in [-0.3, -0.25) is 0 Å².